The third kappa shape index (κ3) is 1.91. The molecule has 0 unspecified atom stereocenters. The molecule has 0 aliphatic carbocycles. The van der Waals surface area contributed by atoms with E-state index in [0.717, 1.165) is 22.2 Å². The monoisotopic (exact) mass is 283 g/mol. The molecule has 3 rings (SSSR count). The third-order valence-corrected chi connectivity index (χ3v) is 3.28. The molecule has 0 atom stereocenters. The van der Waals surface area contributed by atoms with E-state index in [1.165, 1.54) is 0 Å². The first kappa shape index (κ1) is 12.6. The van der Waals surface area contributed by atoms with Crippen LogP contribution >= 0.6 is 11.6 Å². The fourth-order valence-electron chi connectivity index (χ4n) is 2.11. The SMILES string of the molecule is [C-]#[N+]c1ccc2c(c1)c(C)nn2-c1nc(Cl)ncc1C. The number of benzene rings is 1. The van der Waals surface area contributed by atoms with Crippen LogP contribution in [0.5, 0.6) is 0 Å². The Hall–Kier alpha value is -2.45. The Balaban J connectivity index is 2.33. The van der Waals surface area contributed by atoms with Crippen LogP contribution in [0.3, 0.4) is 0 Å². The summed E-state index contributed by atoms with van der Waals surface area (Å²) >= 11 is 5.87. The van der Waals surface area contributed by atoms with Gasteiger partial charge in [0, 0.05) is 17.1 Å². The molecule has 3 aromatic rings. The summed E-state index contributed by atoms with van der Waals surface area (Å²) in [6, 6.07) is 5.47. The maximum atomic E-state index is 7.08. The summed E-state index contributed by atoms with van der Waals surface area (Å²) in [6.45, 7) is 10.9. The van der Waals surface area contributed by atoms with Crippen molar-refractivity contribution in [3.05, 3.63) is 52.4 Å². The summed E-state index contributed by atoms with van der Waals surface area (Å²) in [7, 11) is 0. The smallest absolute Gasteiger partial charge is 0.224 e. The van der Waals surface area contributed by atoms with Gasteiger partial charge in [0.05, 0.1) is 17.8 Å². The second kappa shape index (κ2) is 4.58. The van der Waals surface area contributed by atoms with Gasteiger partial charge in [0.25, 0.3) is 0 Å². The molecular weight excluding hydrogens is 274 g/mol. The first-order valence-corrected chi connectivity index (χ1v) is 6.34. The molecule has 5 nitrogen and oxygen atoms in total. The minimum atomic E-state index is 0.185. The van der Waals surface area contributed by atoms with Gasteiger partial charge >= 0.3 is 0 Å². The molecule has 0 radical (unpaired) electrons. The zero-order chi connectivity index (χ0) is 14.3. The van der Waals surface area contributed by atoms with E-state index in [1.54, 1.807) is 16.9 Å². The fraction of sp³-hybridized carbons (Fsp3) is 0.143. The maximum Gasteiger partial charge on any atom is 0.224 e. The summed E-state index contributed by atoms with van der Waals surface area (Å²) in [4.78, 5) is 11.6. The lowest BCUT2D eigenvalue weighted by Crippen LogP contribution is -2.03. The van der Waals surface area contributed by atoms with Crippen molar-refractivity contribution in [3.8, 4) is 5.82 Å². The van der Waals surface area contributed by atoms with E-state index in [-0.39, 0.29) is 5.28 Å². The quantitative estimate of drug-likeness (QED) is 0.506. The van der Waals surface area contributed by atoms with Gasteiger partial charge in [-0.1, -0.05) is 6.07 Å². The van der Waals surface area contributed by atoms with Crippen LogP contribution in [0, 0.1) is 20.4 Å². The molecular formula is C14H10ClN5. The van der Waals surface area contributed by atoms with E-state index in [2.05, 4.69) is 19.9 Å². The van der Waals surface area contributed by atoms with Crippen LogP contribution in [0.15, 0.2) is 24.4 Å². The van der Waals surface area contributed by atoms with Gasteiger partial charge in [-0.2, -0.15) is 10.1 Å². The maximum absolute atomic E-state index is 7.08. The van der Waals surface area contributed by atoms with Crippen LogP contribution in [0.1, 0.15) is 11.3 Å². The second-order valence-electron chi connectivity index (χ2n) is 4.46. The lowest BCUT2D eigenvalue weighted by molar-refractivity contribution is 0.840. The van der Waals surface area contributed by atoms with Crippen molar-refractivity contribution in [1.82, 2.24) is 19.7 Å². The second-order valence-corrected chi connectivity index (χ2v) is 4.79. The van der Waals surface area contributed by atoms with Crippen LogP contribution in [-0.4, -0.2) is 19.7 Å². The lowest BCUT2D eigenvalue weighted by Gasteiger charge is -2.06. The highest BCUT2D eigenvalue weighted by Crippen LogP contribution is 2.26. The van der Waals surface area contributed by atoms with Crippen molar-refractivity contribution in [2.24, 2.45) is 0 Å². The van der Waals surface area contributed by atoms with Crippen molar-refractivity contribution in [2.75, 3.05) is 0 Å². The first-order chi connectivity index (χ1) is 9.60. The predicted octanol–water partition coefficient (Wildman–Crippen LogP) is 3.64. The standard InChI is InChI=1S/C14H10ClN5/c1-8-7-17-14(15)18-13(8)20-12-5-4-10(16-3)6-11(12)9(2)19-20/h4-7H,1-2H3. The van der Waals surface area contributed by atoms with Gasteiger partial charge in [0.1, 0.15) is 0 Å². The summed E-state index contributed by atoms with van der Waals surface area (Å²) < 4.78 is 1.74. The van der Waals surface area contributed by atoms with Gasteiger partial charge in [-0.05, 0) is 37.6 Å². The van der Waals surface area contributed by atoms with E-state index in [9.17, 15) is 0 Å². The summed E-state index contributed by atoms with van der Waals surface area (Å²) in [5, 5.41) is 5.62. The molecule has 98 valence electrons. The van der Waals surface area contributed by atoms with Gasteiger partial charge in [-0.15, -0.1) is 0 Å². The van der Waals surface area contributed by atoms with E-state index >= 15 is 0 Å². The first-order valence-electron chi connectivity index (χ1n) is 5.96. The van der Waals surface area contributed by atoms with Crippen molar-refractivity contribution >= 4 is 28.2 Å². The molecule has 6 heteroatoms. The molecule has 0 aliphatic rings. The Morgan fingerprint density at radius 2 is 2.10 bits per heavy atom. The zero-order valence-corrected chi connectivity index (χ0v) is 11.7. The summed E-state index contributed by atoms with van der Waals surface area (Å²) in [5.41, 5.74) is 3.22. The normalized spacial score (nSPS) is 10.7. The highest BCUT2D eigenvalue weighted by Gasteiger charge is 2.13. The highest BCUT2D eigenvalue weighted by molar-refractivity contribution is 6.28. The molecule has 0 saturated carbocycles. The van der Waals surface area contributed by atoms with Crippen LogP contribution in [0.2, 0.25) is 5.28 Å². The van der Waals surface area contributed by atoms with Gasteiger partial charge in [0.2, 0.25) is 5.28 Å². The molecule has 2 heterocycles. The Bertz CT molecular complexity index is 860. The Morgan fingerprint density at radius 1 is 1.30 bits per heavy atom. The average molecular weight is 284 g/mol. The van der Waals surface area contributed by atoms with E-state index in [1.807, 2.05) is 26.0 Å². The number of nitrogens with zero attached hydrogens (tertiary/aromatic N) is 5. The van der Waals surface area contributed by atoms with Crippen LogP contribution in [-0.2, 0) is 0 Å². The van der Waals surface area contributed by atoms with Crippen LogP contribution in [0.4, 0.5) is 5.69 Å². The van der Waals surface area contributed by atoms with Gasteiger partial charge in [-0.3, -0.25) is 0 Å². The molecule has 0 bridgehead atoms. The van der Waals surface area contributed by atoms with Crippen molar-refractivity contribution in [1.29, 1.82) is 0 Å². The van der Waals surface area contributed by atoms with Crippen LogP contribution < -0.4 is 0 Å². The molecule has 20 heavy (non-hydrogen) atoms. The van der Waals surface area contributed by atoms with Gasteiger partial charge in [0.15, 0.2) is 11.5 Å². The van der Waals surface area contributed by atoms with Crippen molar-refractivity contribution in [3.63, 3.8) is 0 Å². The number of aryl methyl sites for hydroxylation is 2. The molecule has 0 N–H and O–H groups in total. The Morgan fingerprint density at radius 3 is 2.85 bits per heavy atom. The number of fused-ring (bicyclic) bond motifs is 1. The van der Waals surface area contributed by atoms with E-state index in [0.29, 0.717) is 11.5 Å². The average Bonchev–Trinajstić information content (AvgIpc) is 2.78. The highest BCUT2D eigenvalue weighted by atomic mass is 35.5. The number of rotatable bonds is 1. The molecule has 0 saturated heterocycles. The van der Waals surface area contributed by atoms with Gasteiger partial charge < -0.3 is 0 Å². The third-order valence-electron chi connectivity index (χ3n) is 3.09. The number of hydrogen-bond acceptors (Lipinski definition) is 3. The summed E-state index contributed by atoms with van der Waals surface area (Å²) in [5.74, 6) is 0.652. The van der Waals surface area contributed by atoms with Crippen molar-refractivity contribution < 1.29 is 0 Å². The Labute approximate surface area is 120 Å². The summed E-state index contributed by atoms with van der Waals surface area (Å²) in [6.07, 6.45) is 1.67. The molecule has 1 aromatic carbocycles. The van der Waals surface area contributed by atoms with Crippen molar-refractivity contribution in [2.45, 2.75) is 13.8 Å². The topological polar surface area (TPSA) is 48.0 Å². The molecule has 0 amide bonds. The molecule has 0 aliphatic heterocycles. The number of halogens is 1. The largest absolute Gasteiger partial charge is 0.238 e. The minimum absolute atomic E-state index is 0.185. The predicted molar refractivity (Wildman–Crippen MR) is 77.4 cm³/mol. The molecule has 0 spiro atoms. The Kier molecular flexibility index (Phi) is 2.88. The number of hydrogen-bond donors (Lipinski definition) is 0. The van der Waals surface area contributed by atoms with Gasteiger partial charge in [-0.25, -0.2) is 14.5 Å². The zero-order valence-electron chi connectivity index (χ0n) is 10.9. The lowest BCUT2D eigenvalue weighted by atomic mass is 10.2. The number of aromatic nitrogens is 4. The van der Waals surface area contributed by atoms with E-state index < -0.39 is 0 Å². The van der Waals surface area contributed by atoms with Crippen LogP contribution in [0.25, 0.3) is 21.6 Å². The van der Waals surface area contributed by atoms with E-state index in [4.69, 9.17) is 18.2 Å². The molecule has 2 aromatic heterocycles. The molecule has 0 fully saturated rings. The minimum Gasteiger partial charge on any atom is -0.238 e. The fourth-order valence-corrected chi connectivity index (χ4v) is 2.24.